The number of hydrogen-bond acceptors (Lipinski definition) is 5. The molecular formula is C19H27N3O4. The van der Waals surface area contributed by atoms with Crippen LogP contribution in [0.5, 0.6) is 0 Å². The molecule has 3 aliphatic heterocycles. The molecule has 0 spiro atoms. The van der Waals surface area contributed by atoms with Crippen molar-refractivity contribution < 1.29 is 19.2 Å². The van der Waals surface area contributed by atoms with E-state index in [1.165, 1.54) is 5.06 Å². The van der Waals surface area contributed by atoms with Gasteiger partial charge in [-0.3, -0.25) is 14.4 Å². The minimum absolute atomic E-state index is 0.00355. The van der Waals surface area contributed by atoms with E-state index in [1.807, 2.05) is 4.90 Å². The molecule has 0 aromatic heterocycles. The van der Waals surface area contributed by atoms with Gasteiger partial charge in [-0.25, -0.2) is 5.06 Å². The molecule has 1 saturated carbocycles. The van der Waals surface area contributed by atoms with Gasteiger partial charge in [-0.2, -0.15) is 5.26 Å². The smallest absolute Gasteiger partial charge is 0.246 e. The summed E-state index contributed by atoms with van der Waals surface area (Å²) in [5.41, 5.74) is -0.828. The van der Waals surface area contributed by atoms with Gasteiger partial charge in [0.15, 0.2) is 0 Å². The Bertz CT molecular complexity index is 604. The largest absolute Gasteiger partial charge is 0.376 e. The van der Waals surface area contributed by atoms with Gasteiger partial charge in [0.25, 0.3) is 0 Å². The summed E-state index contributed by atoms with van der Waals surface area (Å²) in [5.74, 6) is 0.301. The number of nitriles is 1. The van der Waals surface area contributed by atoms with Crippen molar-refractivity contribution in [2.75, 3.05) is 32.8 Å². The van der Waals surface area contributed by atoms with E-state index < -0.39 is 5.41 Å². The standard InChI is InChI=1S/C19H27N3O4/c20-13-19(5-1-2-6-19)18(24)21-10-15-14(12-25-16(15)11-21)9-17(23)22-7-3-4-8-26-22/h14-16H,1-12H2/t14-,15-,16-/m1/s1. The second kappa shape index (κ2) is 7.16. The maximum Gasteiger partial charge on any atom is 0.246 e. The molecule has 0 radical (unpaired) electrons. The maximum absolute atomic E-state index is 13.0. The Labute approximate surface area is 154 Å². The zero-order valence-corrected chi connectivity index (χ0v) is 15.2. The first-order chi connectivity index (χ1) is 12.6. The molecule has 4 aliphatic rings. The molecule has 4 rings (SSSR count). The van der Waals surface area contributed by atoms with Gasteiger partial charge in [-0.05, 0) is 31.6 Å². The van der Waals surface area contributed by atoms with Crippen LogP contribution in [-0.2, 0) is 19.2 Å². The molecule has 0 aromatic rings. The minimum atomic E-state index is -0.828. The second-order valence-corrected chi connectivity index (χ2v) is 8.15. The van der Waals surface area contributed by atoms with Crippen LogP contribution in [0.25, 0.3) is 0 Å². The Morgan fingerprint density at radius 2 is 1.96 bits per heavy atom. The molecule has 7 heteroatoms. The van der Waals surface area contributed by atoms with Gasteiger partial charge in [0.2, 0.25) is 11.8 Å². The second-order valence-electron chi connectivity index (χ2n) is 8.15. The molecule has 26 heavy (non-hydrogen) atoms. The average Bonchev–Trinajstić information content (AvgIpc) is 3.39. The van der Waals surface area contributed by atoms with Crippen molar-refractivity contribution in [2.24, 2.45) is 17.3 Å². The normalized spacial score (nSPS) is 33.1. The Balaban J connectivity index is 1.37. The molecule has 0 N–H and O–H groups in total. The summed E-state index contributed by atoms with van der Waals surface area (Å²) in [6.07, 6.45) is 5.62. The van der Waals surface area contributed by atoms with Crippen LogP contribution in [-0.4, -0.2) is 60.7 Å². The number of hydroxylamine groups is 2. The van der Waals surface area contributed by atoms with Crippen LogP contribution in [0.2, 0.25) is 0 Å². The molecule has 4 fully saturated rings. The number of carbonyl (C=O) groups excluding carboxylic acids is 2. The van der Waals surface area contributed by atoms with E-state index >= 15 is 0 Å². The summed E-state index contributed by atoms with van der Waals surface area (Å²) in [6, 6.07) is 2.30. The predicted molar refractivity (Wildman–Crippen MR) is 91.3 cm³/mol. The third-order valence-electron chi connectivity index (χ3n) is 6.52. The average molecular weight is 361 g/mol. The molecule has 0 unspecified atom stereocenters. The van der Waals surface area contributed by atoms with Crippen molar-refractivity contribution >= 4 is 11.8 Å². The molecule has 3 atom stereocenters. The zero-order chi connectivity index (χ0) is 18.1. The number of fused-ring (bicyclic) bond motifs is 1. The monoisotopic (exact) mass is 361 g/mol. The first-order valence-electron chi connectivity index (χ1n) is 9.88. The Hall–Kier alpha value is -1.65. The van der Waals surface area contributed by atoms with Gasteiger partial charge >= 0.3 is 0 Å². The number of ether oxygens (including phenoxy) is 1. The summed E-state index contributed by atoms with van der Waals surface area (Å²) in [5, 5.41) is 11.1. The van der Waals surface area contributed by atoms with E-state index in [9.17, 15) is 14.9 Å². The maximum atomic E-state index is 13.0. The molecule has 7 nitrogen and oxygen atoms in total. The summed E-state index contributed by atoms with van der Waals surface area (Å²) < 4.78 is 5.90. The van der Waals surface area contributed by atoms with Crippen LogP contribution in [0.1, 0.15) is 44.9 Å². The van der Waals surface area contributed by atoms with Crippen molar-refractivity contribution in [3.63, 3.8) is 0 Å². The third-order valence-corrected chi connectivity index (χ3v) is 6.52. The molecule has 1 aliphatic carbocycles. The number of likely N-dealkylation sites (tertiary alicyclic amines) is 1. The molecule has 3 heterocycles. The fourth-order valence-corrected chi connectivity index (χ4v) is 4.95. The summed E-state index contributed by atoms with van der Waals surface area (Å²) in [6.45, 7) is 3.00. The number of rotatable bonds is 3. The van der Waals surface area contributed by atoms with E-state index in [0.717, 1.165) is 25.7 Å². The molecule has 2 amide bonds. The summed E-state index contributed by atoms with van der Waals surface area (Å²) in [4.78, 5) is 32.7. The van der Waals surface area contributed by atoms with Crippen molar-refractivity contribution in [3.05, 3.63) is 0 Å². The van der Waals surface area contributed by atoms with Crippen molar-refractivity contribution in [2.45, 2.75) is 51.0 Å². The topological polar surface area (TPSA) is 82.9 Å². The van der Waals surface area contributed by atoms with E-state index in [1.54, 1.807) is 0 Å². The van der Waals surface area contributed by atoms with Crippen LogP contribution in [0.4, 0.5) is 0 Å². The first kappa shape index (κ1) is 17.7. The molecular weight excluding hydrogens is 334 g/mol. The Kier molecular flexibility index (Phi) is 4.89. The molecule has 3 saturated heterocycles. The lowest BCUT2D eigenvalue weighted by molar-refractivity contribution is -0.198. The van der Waals surface area contributed by atoms with E-state index in [-0.39, 0.29) is 29.8 Å². The van der Waals surface area contributed by atoms with Gasteiger partial charge in [-0.15, -0.1) is 0 Å². The number of carbonyl (C=O) groups is 2. The fraction of sp³-hybridized carbons (Fsp3) is 0.842. The van der Waals surface area contributed by atoms with E-state index in [4.69, 9.17) is 9.57 Å². The van der Waals surface area contributed by atoms with E-state index in [0.29, 0.717) is 52.1 Å². The third kappa shape index (κ3) is 3.10. The van der Waals surface area contributed by atoms with Gasteiger partial charge in [0.05, 0.1) is 25.4 Å². The number of amides is 2. The van der Waals surface area contributed by atoms with Crippen LogP contribution < -0.4 is 0 Å². The summed E-state index contributed by atoms with van der Waals surface area (Å²) >= 11 is 0. The highest BCUT2D eigenvalue weighted by Gasteiger charge is 2.51. The van der Waals surface area contributed by atoms with Gasteiger partial charge in [0.1, 0.15) is 5.41 Å². The van der Waals surface area contributed by atoms with Gasteiger partial charge < -0.3 is 9.64 Å². The first-order valence-corrected chi connectivity index (χ1v) is 9.88. The highest BCUT2D eigenvalue weighted by molar-refractivity contribution is 5.86. The molecule has 142 valence electrons. The van der Waals surface area contributed by atoms with Crippen molar-refractivity contribution in [1.82, 2.24) is 9.96 Å². The minimum Gasteiger partial charge on any atom is -0.376 e. The Morgan fingerprint density at radius 3 is 2.65 bits per heavy atom. The highest BCUT2D eigenvalue weighted by atomic mass is 16.7. The lowest BCUT2D eigenvalue weighted by Crippen LogP contribution is -2.42. The van der Waals surface area contributed by atoms with E-state index in [2.05, 4.69) is 6.07 Å². The van der Waals surface area contributed by atoms with Crippen LogP contribution >= 0.6 is 0 Å². The SMILES string of the molecule is N#CC1(C(=O)N2C[C@@H]3[C@H](CC(=O)N4CCCCO4)CO[C@@H]3C2)CCCC1. The Morgan fingerprint density at radius 1 is 1.15 bits per heavy atom. The zero-order valence-electron chi connectivity index (χ0n) is 15.2. The van der Waals surface area contributed by atoms with Crippen molar-refractivity contribution in [3.8, 4) is 6.07 Å². The number of hydrogen-bond donors (Lipinski definition) is 0. The molecule has 0 aromatic carbocycles. The lowest BCUT2D eigenvalue weighted by atomic mass is 9.86. The van der Waals surface area contributed by atoms with Gasteiger partial charge in [-0.1, -0.05) is 12.8 Å². The van der Waals surface area contributed by atoms with Crippen molar-refractivity contribution in [1.29, 1.82) is 5.26 Å². The number of nitrogens with zero attached hydrogens (tertiary/aromatic N) is 3. The molecule has 0 bridgehead atoms. The van der Waals surface area contributed by atoms with Crippen LogP contribution in [0.15, 0.2) is 0 Å². The van der Waals surface area contributed by atoms with Gasteiger partial charge in [0, 0.05) is 32.0 Å². The quantitative estimate of drug-likeness (QED) is 0.760. The summed E-state index contributed by atoms with van der Waals surface area (Å²) in [7, 11) is 0. The highest BCUT2D eigenvalue weighted by Crippen LogP contribution is 2.42. The predicted octanol–water partition coefficient (Wildman–Crippen LogP) is 1.49. The lowest BCUT2D eigenvalue weighted by Gasteiger charge is -2.29. The fourth-order valence-electron chi connectivity index (χ4n) is 4.95. The van der Waals surface area contributed by atoms with Crippen LogP contribution in [0, 0.1) is 28.6 Å². The van der Waals surface area contributed by atoms with Crippen LogP contribution in [0.3, 0.4) is 0 Å².